The van der Waals surface area contributed by atoms with Gasteiger partial charge in [-0.3, -0.25) is 4.79 Å². The minimum atomic E-state index is -0.616. The number of fused-ring (bicyclic) bond motifs is 1. The SMILES string of the molecule is O=C(/C=C/c1ccccc1)O[C@@H]1[C@H]2OC(=O)C[C@H]2O[C@@H]1Cc1ccccc1. The Kier molecular flexibility index (Phi) is 5.03. The van der Waals surface area contributed by atoms with Gasteiger partial charge in [0.1, 0.15) is 12.2 Å². The first-order chi connectivity index (χ1) is 13.2. The second-order valence-electron chi connectivity index (χ2n) is 6.71. The van der Waals surface area contributed by atoms with Gasteiger partial charge < -0.3 is 14.2 Å². The van der Waals surface area contributed by atoms with Crippen molar-refractivity contribution in [1.29, 1.82) is 0 Å². The average molecular weight is 364 g/mol. The van der Waals surface area contributed by atoms with Gasteiger partial charge in [0.05, 0.1) is 6.42 Å². The van der Waals surface area contributed by atoms with E-state index < -0.39 is 18.2 Å². The molecule has 2 aliphatic heterocycles. The molecule has 2 aliphatic rings. The Morgan fingerprint density at radius 2 is 1.78 bits per heavy atom. The molecule has 4 atom stereocenters. The fourth-order valence-corrected chi connectivity index (χ4v) is 3.53. The minimum Gasteiger partial charge on any atom is -0.455 e. The largest absolute Gasteiger partial charge is 0.455 e. The molecule has 0 bridgehead atoms. The summed E-state index contributed by atoms with van der Waals surface area (Å²) in [5.41, 5.74) is 1.98. The van der Waals surface area contributed by atoms with Crippen LogP contribution in [0.4, 0.5) is 0 Å². The number of ether oxygens (including phenoxy) is 3. The summed E-state index contributed by atoms with van der Waals surface area (Å²) in [7, 11) is 0. The van der Waals surface area contributed by atoms with E-state index in [0.717, 1.165) is 11.1 Å². The Morgan fingerprint density at radius 1 is 1.07 bits per heavy atom. The normalized spacial score (nSPS) is 26.7. The number of carbonyl (C=O) groups is 2. The van der Waals surface area contributed by atoms with Crippen molar-refractivity contribution in [3.8, 4) is 0 Å². The van der Waals surface area contributed by atoms with Crippen LogP contribution in [0.25, 0.3) is 6.08 Å². The van der Waals surface area contributed by atoms with Crippen molar-refractivity contribution in [2.24, 2.45) is 0 Å². The standard InChI is InChI=1S/C22H20O5/c23-19(12-11-15-7-3-1-4-8-15)26-21-17(13-16-9-5-2-6-10-16)25-18-14-20(24)27-22(18)21/h1-12,17-18,21-22H,13-14H2/b12-11+/t17-,18-,21+,22+/m1/s1. The Labute approximate surface area is 157 Å². The lowest BCUT2D eigenvalue weighted by Gasteiger charge is -2.21. The van der Waals surface area contributed by atoms with Gasteiger partial charge in [-0.2, -0.15) is 0 Å². The average Bonchev–Trinajstić information content (AvgIpc) is 3.19. The Hall–Kier alpha value is -2.92. The van der Waals surface area contributed by atoms with Gasteiger partial charge in [-0.1, -0.05) is 60.7 Å². The number of carbonyl (C=O) groups excluding carboxylic acids is 2. The van der Waals surface area contributed by atoms with E-state index >= 15 is 0 Å². The van der Waals surface area contributed by atoms with Crippen molar-refractivity contribution < 1.29 is 23.8 Å². The molecule has 5 nitrogen and oxygen atoms in total. The molecule has 138 valence electrons. The Morgan fingerprint density at radius 3 is 2.52 bits per heavy atom. The molecule has 27 heavy (non-hydrogen) atoms. The van der Waals surface area contributed by atoms with Crippen LogP contribution >= 0.6 is 0 Å². The summed E-state index contributed by atoms with van der Waals surface area (Å²) in [5.74, 6) is -0.793. The van der Waals surface area contributed by atoms with E-state index in [2.05, 4.69) is 0 Å². The smallest absolute Gasteiger partial charge is 0.331 e. The fraction of sp³-hybridized carbons (Fsp3) is 0.273. The van der Waals surface area contributed by atoms with E-state index in [-0.39, 0.29) is 24.6 Å². The zero-order valence-corrected chi connectivity index (χ0v) is 14.7. The highest BCUT2D eigenvalue weighted by Gasteiger charge is 2.53. The number of hydrogen-bond donors (Lipinski definition) is 0. The maximum absolute atomic E-state index is 12.3. The van der Waals surface area contributed by atoms with E-state index in [1.54, 1.807) is 6.08 Å². The van der Waals surface area contributed by atoms with Gasteiger partial charge in [0.25, 0.3) is 0 Å². The highest BCUT2D eigenvalue weighted by molar-refractivity contribution is 5.87. The molecule has 0 aromatic heterocycles. The van der Waals surface area contributed by atoms with E-state index in [4.69, 9.17) is 14.2 Å². The van der Waals surface area contributed by atoms with Crippen molar-refractivity contribution in [1.82, 2.24) is 0 Å². The first-order valence-electron chi connectivity index (χ1n) is 9.01. The lowest BCUT2D eigenvalue weighted by molar-refractivity contribution is -0.158. The molecule has 2 aromatic rings. The van der Waals surface area contributed by atoms with Gasteiger partial charge in [-0.25, -0.2) is 4.79 Å². The molecule has 2 saturated heterocycles. The quantitative estimate of drug-likeness (QED) is 0.603. The van der Waals surface area contributed by atoms with Crippen molar-refractivity contribution in [2.45, 2.75) is 37.3 Å². The van der Waals surface area contributed by atoms with Crippen molar-refractivity contribution in [2.75, 3.05) is 0 Å². The molecular formula is C22H20O5. The topological polar surface area (TPSA) is 61.8 Å². The van der Waals surface area contributed by atoms with Crippen LogP contribution in [0.2, 0.25) is 0 Å². The molecule has 5 heteroatoms. The molecule has 2 fully saturated rings. The molecule has 0 unspecified atom stereocenters. The summed E-state index contributed by atoms with van der Waals surface area (Å²) < 4.78 is 17.0. The Bertz CT molecular complexity index is 830. The lowest BCUT2D eigenvalue weighted by Crippen LogP contribution is -2.37. The summed E-state index contributed by atoms with van der Waals surface area (Å²) in [6.07, 6.45) is 2.01. The maximum atomic E-state index is 12.3. The van der Waals surface area contributed by atoms with Gasteiger partial charge in [-0.05, 0) is 17.2 Å². The maximum Gasteiger partial charge on any atom is 0.331 e. The number of hydrogen-bond acceptors (Lipinski definition) is 5. The van der Waals surface area contributed by atoms with Crippen LogP contribution in [0, 0.1) is 0 Å². The van der Waals surface area contributed by atoms with Gasteiger partial charge in [0.2, 0.25) is 0 Å². The third-order valence-corrected chi connectivity index (χ3v) is 4.79. The monoisotopic (exact) mass is 364 g/mol. The predicted octanol–water partition coefficient (Wildman–Crippen LogP) is 2.94. The zero-order chi connectivity index (χ0) is 18.6. The van der Waals surface area contributed by atoms with Crippen molar-refractivity contribution in [3.05, 3.63) is 77.9 Å². The van der Waals surface area contributed by atoms with Crippen LogP contribution in [0.3, 0.4) is 0 Å². The van der Waals surface area contributed by atoms with Crippen LogP contribution < -0.4 is 0 Å². The van der Waals surface area contributed by atoms with E-state index in [1.165, 1.54) is 6.08 Å². The number of benzene rings is 2. The van der Waals surface area contributed by atoms with Crippen LogP contribution in [-0.4, -0.2) is 36.4 Å². The van der Waals surface area contributed by atoms with Gasteiger partial charge in [0.15, 0.2) is 12.2 Å². The highest BCUT2D eigenvalue weighted by Crippen LogP contribution is 2.35. The molecule has 0 spiro atoms. The van der Waals surface area contributed by atoms with Gasteiger partial charge in [-0.15, -0.1) is 0 Å². The second-order valence-corrected chi connectivity index (χ2v) is 6.71. The van der Waals surface area contributed by atoms with Gasteiger partial charge >= 0.3 is 11.9 Å². The summed E-state index contributed by atoms with van der Waals surface area (Å²) in [6, 6.07) is 19.3. The molecule has 2 aromatic carbocycles. The molecule has 0 saturated carbocycles. The van der Waals surface area contributed by atoms with Crippen LogP contribution in [0.1, 0.15) is 17.5 Å². The summed E-state index contributed by atoms with van der Waals surface area (Å²) in [6.45, 7) is 0. The molecule has 0 aliphatic carbocycles. The van der Waals surface area contributed by atoms with Crippen LogP contribution in [-0.2, 0) is 30.2 Å². The van der Waals surface area contributed by atoms with E-state index in [0.29, 0.717) is 6.42 Å². The summed E-state index contributed by atoms with van der Waals surface area (Å²) >= 11 is 0. The summed E-state index contributed by atoms with van der Waals surface area (Å²) in [5, 5.41) is 0. The molecule has 2 heterocycles. The van der Waals surface area contributed by atoms with Crippen molar-refractivity contribution >= 4 is 18.0 Å². The Balaban J connectivity index is 1.47. The third kappa shape index (κ3) is 4.09. The van der Waals surface area contributed by atoms with Crippen LogP contribution in [0.5, 0.6) is 0 Å². The molecule has 0 radical (unpaired) electrons. The second kappa shape index (κ2) is 7.76. The van der Waals surface area contributed by atoms with Gasteiger partial charge in [0, 0.05) is 12.5 Å². The van der Waals surface area contributed by atoms with Crippen LogP contribution in [0.15, 0.2) is 66.7 Å². The fourth-order valence-electron chi connectivity index (χ4n) is 3.53. The first kappa shape index (κ1) is 17.5. The first-order valence-corrected chi connectivity index (χ1v) is 9.01. The molecule has 0 amide bonds. The molecule has 0 N–H and O–H groups in total. The third-order valence-electron chi connectivity index (χ3n) is 4.79. The van der Waals surface area contributed by atoms with E-state index in [9.17, 15) is 9.59 Å². The predicted molar refractivity (Wildman–Crippen MR) is 98.7 cm³/mol. The number of esters is 2. The minimum absolute atomic E-state index is 0.198. The van der Waals surface area contributed by atoms with Crippen molar-refractivity contribution in [3.63, 3.8) is 0 Å². The molecular weight excluding hydrogens is 344 g/mol. The van der Waals surface area contributed by atoms with E-state index in [1.807, 2.05) is 60.7 Å². The zero-order valence-electron chi connectivity index (χ0n) is 14.7. The lowest BCUT2D eigenvalue weighted by atomic mass is 10.0. The summed E-state index contributed by atoms with van der Waals surface area (Å²) in [4.78, 5) is 23.9. The highest BCUT2D eigenvalue weighted by atomic mass is 16.6. The number of rotatable bonds is 5. The molecule has 4 rings (SSSR count).